The molecule has 5 nitrogen and oxygen atoms in total. The number of hydrogen-bond acceptors (Lipinski definition) is 4. The summed E-state index contributed by atoms with van der Waals surface area (Å²) in [5.41, 5.74) is 7.36. The van der Waals surface area contributed by atoms with Gasteiger partial charge in [0.05, 0.1) is 6.61 Å². The lowest BCUT2D eigenvalue weighted by Crippen LogP contribution is -2.45. The van der Waals surface area contributed by atoms with Crippen LogP contribution < -0.4 is 11.1 Å². The number of benzene rings is 2. The van der Waals surface area contributed by atoms with Gasteiger partial charge in [-0.3, -0.25) is 9.00 Å². The van der Waals surface area contributed by atoms with Gasteiger partial charge in [-0.25, -0.2) is 0 Å². The second-order valence-electron chi connectivity index (χ2n) is 6.00. The second-order valence-corrected chi connectivity index (χ2v) is 7.58. The Hall–Kier alpha value is -1.73. The molecule has 2 aromatic rings. The molecule has 0 heterocycles. The topological polar surface area (TPSA) is 81.4 Å². The number of nitrogens with two attached hydrogens (primary N) is 1. The molecule has 3 N–H and O–H groups in total. The van der Waals surface area contributed by atoms with Gasteiger partial charge in [0.25, 0.3) is 0 Å². The number of carbonyl (C=O) groups excluding carboxylic acids is 1. The zero-order valence-corrected chi connectivity index (χ0v) is 16.6. The molecule has 2 unspecified atom stereocenters. The van der Waals surface area contributed by atoms with Crippen molar-refractivity contribution in [2.24, 2.45) is 5.73 Å². The highest BCUT2D eigenvalue weighted by molar-refractivity contribution is 7.84. The average Bonchev–Trinajstić information content (AvgIpc) is 2.61. The fourth-order valence-electron chi connectivity index (χ4n) is 2.35. The smallest absolute Gasteiger partial charge is 0.248 e. The van der Waals surface area contributed by atoms with E-state index in [1.807, 2.05) is 48.5 Å². The van der Waals surface area contributed by atoms with E-state index in [-0.39, 0.29) is 18.3 Å². The Morgan fingerprint density at radius 2 is 1.88 bits per heavy atom. The maximum Gasteiger partial charge on any atom is 0.248 e. The molecule has 142 valence electrons. The zero-order chi connectivity index (χ0) is 18.3. The van der Waals surface area contributed by atoms with E-state index in [1.165, 1.54) is 0 Å². The molecule has 0 aliphatic heterocycles. The van der Waals surface area contributed by atoms with E-state index >= 15 is 0 Å². The normalized spacial score (nSPS) is 14.0. The van der Waals surface area contributed by atoms with Crippen molar-refractivity contribution in [1.82, 2.24) is 0 Å². The SMILES string of the molecule is COCCS(=O)Cc1cccc(NC(=O)C(C)(N)c2ccccc2)c1.Cl. The molecule has 0 aromatic heterocycles. The largest absolute Gasteiger partial charge is 0.384 e. The molecule has 2 atom stereocenters. The number of nitrogens with one attached hydrogen (secondary N) is 1. The van der Waals surface area contributed by atoms with Crippen molar-refractivity contribution in [3.05, 3.63) is 65.7 Å². The van der Waals surface area contributed by atoms with Crippen LogP contribution in [0.1, 0.15) is 18.1 Å². The summed E-state index contributed by atoms with van der Waals surface area (Å²) in [6, 6.07) is 16.6. The first-order valence-electron chi connectivity index (χ1n) is 8.02. The highest BCUT2D eigenvalue weighted by atomic mass is 35.5. The summed E-state index contributed by atoms with van der Waals surface area (Å²) < 4.78 is 16.9. The quantitative estimate of drug-likeness (QED) is 0.718. The van der Waals surface area contributed by atoms with Gasteiger partial charge in [0.15, 0.2) is 0 Å². The lowest BCUT2D eigenvalue weighted by molar-refractivity contribution is -0.120. The van der Waals surface area contributed by atoms with Crippen LogP contribution in [0.4, 0.5) is 5.69 Å². The van der Waals surface area contributed by atoms with Crippen LogP contribution in [0.25, 0.3) is 0 Å². The first-order valence-corrected chi connectivity index (χ1v) is 9.51. The van der Waals surface area contributed by atoms with Crippen LogP contribution in [-0.4, -0.2) is 29.6 Å². The number of anilines is 1. The molecular weight excluding hydrogens is 372 g/mol. The third-order valence-corrected chi connectivity index (χ3v) is 5.15. The van der Waals surface area contributed by atoms with Crippen LogP contribution in [0.15, 0.2) is 54.6 Å². The van der Waals surface area contributed by atoms with Gasteiger partial charge in [-0.15, -0.1) is 12.4 Å². The first-order chi connectivity index (χ1) is 11.9. The molecule has 7 heteroatoms. The first kappa shape index (κ1) is 22.3. The molecule has 0 saturated carbocycles. The van der Waals surface area contributed by atoms with Gasteiger partial charge in [-0.2, -0.15) is 0 Å². The molecule has 2 aromatic carbocycles. The van der Waals surface area contributed by atoms with Gasteiger partial charge in [0.2, 0.25) is 5.91 Å². The fourth-order valence-corrected chi connectivity index (χ4v) is 3.40. The molecule has 0 aliphatic carbocycles. The van der Waals surface area contributed by atoms with Crippen LogP contribution in [0.2, 0.25) is 0 Å². The van der Waals surface area contributed by atoms with E-state index in [2.05, 4.69) is 5.32 Å². The average molecular weight is 397 g/mol. The number of carbonyl (C=O) groups is 1. The highest BCUT2D eigenvalue weighted by Gasteiger charge is 2.30. The van der Waals surface area contributed by atoms with E-state index in [0.29, 0.717) is 23.8 Å². The minimum atomic E-state index is -1.14. The van der Waals surface area contributed by atoms with Gasteiger partial charge in [0, 0.05) is 35.1 Å². The van der Waals surface area contributed by atoms with Gasteiger partial charge in [-0.05, 0) is 30.2 Å². The molecule has 0 saturated heterocycles. The summed E-state index contributed by atoms with van der Waals surface area (Å²) in [7, 11) is 0.586. The van der Waals surface area contributed by atoms with E-state index in [9.17, 15) is 9.00 Å². The van der Waals surface area contributed by atoms with Gasteiger partial charge in [0.1, 0.15) is 5.54 Å². The third kappa shape index (κ3) is 6.21. The number of halogens is 1. The van der Waals surface area contributed by atoms with Crippen molar-refractivity contribution in [3.8, 4) is 0 Å². The van der Waals surface area contributed by atoms with Gasteiger partial charge in [-0.1, -0.05) is 42.5 Å². The lowest BCUT2D eigenvalue weighted by atomic mass is 9.92. The van der Waals surface area contributed by atoms with Crippen LogP contribution in [-0.2, 0) is 31.6 Å². The summed E-state index contributed by atoms with van der Waals surface area (Å²) in [4.78, 5) is 12.6. The van der Waals surface area contributed by atoms with Crippen LogP contribution in [0.3, 0.4) is 0 Å². The number of ether oxygens (including phenoxy) is 1. The number of methoxy groups -OCH3 is 1. The van der Waals surface area contributed by atoms with E-state index in [0.717, 1.165) is 11.1 Å². The predicted molar refractivity (Wildman–Crippen MR) is 109 cm³/mol. The van der Waals surface area contributed by atoms with E-state index < -0.39 is 16.3 Å². The molecule has 0 bridgehead atoms. The Kier molecular flexibility index (Phi) is 8.95. The fraction of sp³-hybridized carbons (Fsp3) is 0.316. The number of rotatable bonds is 8. The van der Waals surface area contributed by atoms with Crippen molar-refractivity contribution in [3.63, 3.8) is 0 Å². The molecule has 0 radical (unpaired) electrons. The van der Waals surface area contributed by atoms with Crippen LogP contribution in [0.5, 0.6) is 0 Å². The van der Waals surface area contributed by atoms with E-state index in [1.54, 1.807) is 20.1 Å². The predicted octanol–water partition coefficient (Wildman–Crippen LogP) is 2.82. The summed E-state index contributed by atoms with van der Waals surface area (Å²) in [5, 5.41) is 2.85. The maximum absolute atomic E-state index is 12.6. The Morgan fingerprint density at radius 3 is 2.54 bits per heavy atom. The van der Waals surface area contributed by atoms with Crippen molar-refractivity contribution in [2.45, 2.75) is 18.2 Å². The van der Waals surface area contributed by atoms with Crippen molar-refractivity contribution < 1.29 is 13.7 Å². The Labute approximate surface area is 163 Å². The summed E-state index contributed by atoms with van der Waals surface area (Å²) >= 11 is 0. The Balaban J connectivity index is 0.00000338. The molecule has 0 fully saturated rings. The minimum Gasteiger partial charge on any atom is -0.384 e. The molecule has 26 heavy (non-hydrogen) atoms. The summed E-state index contributed by atoms with van der Waals surface area (Å²) in [6.45, 7) is 2.15. The monoisotopic (exact) mass is 396 g/mol. The molecular formula is C19H25ClN2O3S. The van der Waals surface area contributed by atoms with Crippen LogP contribution in [0, 0.1) is 0 Å². The Bertz CT molecular complexity index is 739. The molecule has 2 rings (SSSR count). The highest BCUT2D eigenvalue weighted by Crippen LogP contribution is 2.21. The summed E-state index contributed by atoms with van der Waals surface area (Å²) in [6.07, 6.45) is 0. The minimum absolute atomic E-state index is 0. The van der Waals surface area contributed by atoms with Crippen LogP contribution >= 0.6 is 12.4 Å². The Morgan fingerprint density at radius 1 is 1.19 bits per heavy atom. The van der Waals surface area contributed by atoms with E-state index in [4.69, 9.17) is 10.5 Å². The van der Waals surface area contributed by atoms with Crippen molar-refractivity contribution >= 4 is 34.8 Å². The standard InChI is InChI=1S/C19H24N2O3S.ClH/c1-19(20,16-8-4-3-5-9-16)18(22)21-17-10-6-7-15(13-17)14-25(23)12-11-24-2;/h3-10,13H,11-12,14,20H2,1-2H3,(H,21,22);1H. The maximum atomic E-state index is 12.6. The molecule has 0 spiro atoms. The zero-order valence-electron chi connectivity index (χ0n) is 14.9. The molecule has 1 amide bonds. The third-order valence-electron chi connectivity index (χ3n) is 3.87. The second kappa shape index (κ2) is 10.4. The molecule has 0 aliphatic rings. The number of amides is 1. The van der Waals surface area contributed by atoms with Gasteiger partial charge >= 0.3 is 0 Å². The van der Waals surface area contributed by atoms with Crippen molar-refractivity contribution in [1.29, 1.82) is 0 Å². The van der Waals surface area contributed by atoms with Gasteiger partial charge < -0.3 is 15.8 Å². The lowest BCUT2D eigenvalue weighted by Gasteiger charge is -2.24. The number of hydrogen-bond donors (Lipinski definition) is 2. The summed E-state index contributed by atoms with van der Waals surface area (Å²) in [5.74, 6) is 0.615. The van der Waals surface area contributed by atoms with Crippen molar-refractivity contribution in [2.75, 3.05) is 24.8 Å².